The molecule has 1 unspecified atom stereocenters. The lowest BCUT2D eigenvalue weighted by molar-refractivity contribution is -0.120. The van der Waals surface area contributed by atoms with Gasteiger partial charge in [0.1, 0.15) is 0 Å². The molecule has 0 spiro atoms. The highest BCUT2D eigenvalue weighted by molar-refractivity contribution is 7.80. The fourth-order valence-corrected chi connectivity index (χ4v) is 2.04. The summed E-state index contributed by atoms with van der Waals surface area (Å²) in [6.07, 6.45) is 1.96. The third-order valence-corrected chi connectivity index (χ3v) is 3.03. The van der Waals surface area contributed by atoms with Crippen molar-refractivity contribution in [2.24, 2.45) is 5.73 Å². The van der Waals surface area contributed by atoms with Crippen LogP contribution < -0.4 is 11.1 Å². The summed E-state index contributed by atoms with van der Waals surface area (Å²) in [5.41, 5.74) is 6.46. The van der Waals surface area contributed by atoms with E-state index in [1.54, 1.807) is 12.1 Å². The van der Waals surface area contributed by atoms with Crippen LogP contribution in [0.1, 0.15) is 25.3 Å². The van der Waals surface area contributed by atoms with E-state index in [0.29, 0.717) is 10.0 Å². The van der Waals surface area contributed by atoms with Crippen LogP contribution in [-0.2, 0) is 11.2 Å². The van der Waals surface area contributed by atoms with Crippen LogP contribution in [0, 0.1) is 0 Å². The molecule has 1 rings (SSSR count). The van der Waals surface area contributed by atoms with Gasteiger partial charge in [-0.25, -0.2) is 0 Å². The average molecular weight is 285 g/mol. The standard InChI is InChI=1S/C13H17ClN2OS/c1-2-4-11(13(15)18)16-12(17)8-9-5-3-6-10(14)7-9/h3,5-7,11H,2,4,8H2,1H3,(H2,15,18)(H,16,17). The largest absolute Gasteiger partial charge is 0.392 e. The minimum Gasteiger partial charge on any atom is -0.392 e. The number of carbonyl (C=O) groups excluding carboxylic acids is 1. The van der Waals surface area contributed by atoms with Gasteiger partial charge in [-0.2, -0.15) is 0 Å². The lowest BCUT2D eigenvalue weighted by Crippen LogP contribution is -2.43. The Kier molecular flexibility index (Phi) is 6.09. The van der Waals surface area contributed by atoms with Crippen molar-refractivity contribution in [2.75, 3.05) is 0 Å². The molecule has 0 bridgehead atoms. The molecule has 5 heteroatoms. The Morgan fingerprint density at radius 3 is 2.83 bits per heavy atom. The summed E-state index contributed by atoms with van der Waals surface area (Å²) in [5.74, 6) is -0.0940. The Hall–Kier alpha value is -1.13. The third kappa shape index (κ3) is 5.02. The Bertz CT molecular complexity index is 437. The van der Waals surface area contributed by atoms with Crippen molar-refractivity contribution in [3.63, 3.8) is 0 Å². The summed E-state index contributed by atoms with van der Waals surface area (Å²) in [5, 5.41) is 3.46. The first-order valence-electron chi connectivity index (χ1n) is 5.86. The lowest BCUT2D eigenvalue weighted by Gasteiger charge is -2.16. The van der Waals surface area contributed by atoms with Gasteiger partial charge in [-0.1, -0.05) is 49.3 Å². The van der Waals surface area contributed by atoms with E-state index in [2.05, 4.69) is 5.32 Å². The fraction of sp³-hybridized carbons (Fsp3) is 0.385. The molecular weight excluding hydrogens is 268 g/mol. The topological polar surface area (TPSA) is 55.1 Å². The van der Waals surface area contributed by atoms with Crippen molar-refractivity contribution in [1.82, 2.24) is 5.32 Å². The number of amides is 1. The summed E-state index contributed by atoms with van der Waals surface area (Å²) in [6, 6.07) is 7.01. The van der Waals surface area contributed by atoms with Crippen LogP contribution in [0.2, 0.25) is 5.02 Å². The van der Waals surface area contributed by atoms with E-state index >= 15 is 0 Å². The molecule has 0 saturated carbocycles. The van der Waals surface area contributed by atoms with Crippen LogP contribution in [-0.4, -0.2) is 16.9 Å². The number of hydrogen-bond donors (Lipinski definition) is 2. The van der Waals surface area contributed by atoms with Gasteiger partial charge < -0.3 is 11.1 Å². The van der Waals surface area contributed by atoms with Gasteiger partial charge in [0.25, 0.3) is 0 Å². The number of carbonyl (C=O) groups is 1. The second kappa shape index (κ2) is 7.34. The summed E-state index contributed by atoms with van der Waals surface area (Å²) >= 11 is 10.8. The first kappa shape index (κ1) is 14.9. The zero-order chi connectivity index (χ0) is 13.5. The monoisotopic (exact) mass is 284 g/mol. The summed E-state index contributed by atoms with van der Waals surface area (Å²) in [4.78, 5) is 12.2. The quantitative estimate of drug-likeness (QED) is 0.789. The minimum absolute atomic E-state index is 0.0940. The molecule has 0 heterocycles. The molecule has 1 aromatic rings. The molecular formula is C13H17ClN2OS. The highest BCUT2D eigenvalue weighted by Gasteiger charge is 2.14. The van der Waals surface area contributed by atoms with E-state index in [1.165, 1.54) is 0 Å². The maximum absolute atomic E-state index is 11.8. The van der Waals surface area contributed by atoms with Crippen LogP contribution in [0.5, 0.6) is 0 Å². The van der Waals surface area contributed by atoms with E-state index in [9.17, 15) is 4.79 Å². The van der Waals surface area contributed by atoms with Crippen LogP contribution in [0.25, 0.3) is 0 Å². The van der Waals surface area contributed by atoms with Crippen molar-refractivity contribution in [1.29, 1.82) is 0 Å². The lowest BCUT2D eigenvalue weighted by atomic mass is 10.1. The smallest absolute Gasteiger partial charge is 0.224 e. The Labute approximate surface area is 118 Å². The second-order valence-electron chi connectivity index (χ2n) is 4.12. The molecule has 98 valence electrons. The minimum atomic E-state index is -0.225. The average Bonchev–Trinajstić information content (AvgIpc) is 2.28. The van der Waals surface area contributed by atoms with E-state index < -0.39 is 0 Å². The van der Waals surface area contributed by atoms with E-state index in [0.717, 1.165) is 18.4 Å². The van der Waals surface area contributed by atoms with Gasteiger partial charge in [0.05, 0.1) is 17.5 Å². The summed E-state index contributed by atoms with van der Waals surface area (Å²) < 4.78 is 0. The molecule has 18 heavy (non-hydrogen) atoms. The normalized spacial score (nSPS) is 11.9. The molecule has 0 aliphatic carbocycles. The van der Waals surface area contributed by atoms with Crippen molar-refractivity contribution in [2.45, 2.75) is 32.2 Å². The number of rotatable bonds is 6. The maximum atomic E-state index is 11.8. The van der Waals surface area contributed by atoms with Gasteiger partial charge in [0, 0.05) is 5.02 Å². The zero-order valence-corrected chi connectivity index (χ0v) is 11.9. The van der Waals surface area contributed by atoms with Crippen LogP contribution in [0.15, 0.2) is 24.3 Å². The predicted octanol–water partition coefficient (Wildman–Crippen LogP) is 2.45. The van der Waals surface area contributed by atoms with Crippen LogP contribution >= 0.6 is 23.8 Å². The molecule has 3 nitrogen and oxygen atoms in total. The number of benzene rings is 1. The van der Waals surface area contributed by atoms with Crippen LogP contribution in [0.4, 0.5) is 0 Å². The highest BCUT2D eigenvalue weighted by Crippen LogP contribution is 2.11. The van der Waals surface area contributed by atoms with Crippen molar-refractivity contribution in [3.05, 3.63) is 34.9 Å². The molecule has 0 aromatic heterocycles. The number of nitrogens with two attached hydrogens (primary N) is 1. The van der Waals surface area contributed by atoms with Gasteiger partial charge in [0.2, 0.25) is 5.91 Å². The predicted molar refractivity (Wildman–Crippen MR) is 78.8 cm³/mol. The van der Waals surface area contributed by atoms with Crippen molar-refractivity contribution < 1.29 is 4.79 Å². The van der Waals surface area contributed by atoms with Crippen molar-refractivity contribution in [3.8, 4) is 0 Å². The summed E-state index contributed by atoms with van der Waals surface area (Å²) in [7, 11) is 0. The summed E-state index contributed by atoms with van der Waals surface area (Å²) in [6.45, 7) is 2.02. The Balaban J connectivity index is 2.57. The number of thiocarbonyl (C=S) groups is 1. The first-order chi connectivity index (χ1) is 8.52. The molecule has 0 radical (unpaired) electrons. The molecule has 1 amide bonds. The zero-order valence-electron chi connectivity index (χ0n) is 10.3. The number of halogens is 1. The molecule has 0 saturated heterocycles. The van der Waals surface area contributed by atoms with E-state index in [-0.39, 0.29) is 18.4 Å². The second-order valence-corrected chi connectivity index (χ2v) is 5.03. The van der Waals surface area contributed by atoms with Gasteiger partial charge in [-0.05, 0) is 24.1 Å². The van der Waals surface area contributed by atoms with Gasteiger partial charge in [0.15, 0.2) is 0 Å². The number of hydrogen-bond acceptors (Lipinski definition) is 2. The van der Waals surface area contributed by atoms with E-state index in [1.807, 2.05) is 19.1 Å². The molecule has 1 aromatic carbocycles. The molecule has 0 aliphatic heterocycles. The fourth-order valence-electron chi connectivity index (χ4n) is 1.65. The third-order valence-electron chi connectivity index (χ3n) is 2.51. The highest BCUT2D eigenvalue weighted by atomic mass is 35.5. The SMILES string of the molecule is CCCC(NC(=O)Cc1cccc(Cl)c1)C(N)=S. The van der Waals surface area contributed by atoms with Crippen LogP contribution in [0.3, 0.4) is 0 Å². The van der Waals surface area contributed by atoms with Crippen molar-refractivity contribution >= 4 is 34.7 Å². The van der Waals surface area contributed by atoms with Gasteiger partial charge >= 0.3 is 0 Å². The number of nitrogens with one attached hydrogen (secondary N) is 1. The Morgan fingerprint density at radius 1 is 1.56 bits per heavy atom. The molecule has 1 atom stereocenters. The van der Waals surface area contributed by atoms with E-state index in [4.69, 9.17) is 29.6 Å². The molecule has 0 fully saturated rings. The van der Waals surface area contributed by atoms with Gasteiger partial charge in [-0.15, -0.1) is 0 Å². The molecule has 0 aliphatic rings. The molecule has 3 N–H and O–H groups in total. The van der Waals surface area contributed by atoms with Gasteiger partial charge in [-0.3, -0.25) is 4.79 Å². The first-order valence-corrected chi connectivity index (χ1v) is 6.64. The Morgan fingerprint density at radius 2 is 2.28 bits per heavy atom. The maximum Gasteiger partial charge on any atom is 0.224 e.